The normalized spacial score (nSPS) is 18.1. The number of rotatable bonds is 2. The highest BCUT2D eigenvalue weighted by Gasteiger charge is 2.37. The van der Waals surface area contributed by atoms with Crippen LogP contribution in [0, 0.1) is 0 Å². The lowest BCUT2D eigenvalue weighted by molar-refractivity contribution is 0.108. The standard InChI is InChI=1S/C22H21N3/c1-3-7-19-16(5-1)9-10-17-6-2-4-8-20(17)22(19)25-14-18(15-25)21-13-23-11-12-24-21/h1-8,11-13,18,22H,9-10,14-15H2. The SMILES string of the molecule is c1ccc2c(c1)CCc1ccccc1C2N1CC(c2cnccn2)C1. The maximum absolute atomic E-state index is 4.50. The van der Waals surface area contributed by atoms with Gasteiger partial charge in [-0.1, -0.05) is 48.5 Å². The molecule has 0 atom stereocenters. The number of hydrogen-bond acceptors (Lipinski definition) is 3. The van der Waals surface area contributed by atoms with Crippen LogP contribution in [0.3, 0.4) is 0 Å². The van der Waals surface area contributed by atoms with Gasteiger partial charge < -0.3 is 0 Å². The largest absolute Gasteiger partial charge is 0.291 e. The van der Waals surface area contributed by atoms with Crippen LogP contribution in [0.5, 0.6) is 0 Å². The monoisotopic (exact) mass is 327 g/mol. The van der Waals surface area contributed by atoms with E-state index in [9.17, 15) is 0 Å². The average Bonchev–Trinajstić information content (AvgIpc) is 2.79. The predicted octanol–water partition coefficient (Wildman–Crippen LogP) is 3.76. The molecule has 3 nitrogen and oxygen atoms in total. The molecule has 0 N–H and O–H groups in total. The first-order chi connectivity index (χ1) is 12.4. The third kappa shape index (κ3) is 2.56. The van der Waals surface area contributed by atoms with E-state index in [1.807, 2.05) is 6.20 Å². The topological polar surface area (TPSA) is 29.0 Å². The molecule has 0 spiro atoms. The summed E-state index contributed by atoms with van der Waals surface area (Å²) in [4.78, 5) is 11.3. The zero-order valence-electron chi connectivity index (χ0n) is 14.2. The third-order valence-electron chi connectivity index (χ3n) is 5.64. The minimum absolute atomic E-state index is 0.364. The van der Waals surface area contributed by atoms with Gasteiger partial charge in [-0.2, -0.15) is 0 Å². The summed E-state index contributed by atoms with van der Waals surface area (Å²) in [5, 5.41) is 0. The second-order valence-electron chi connectivity index (χ2n) is 7.08. The molecule has 124 valence electrons. The molecule has 1 saturated heterocycles. The van der Waals surface area contributed by atoms with Crippen molar-refractivity contribution in [1.82, 2.24) is 14.9 Å². The number of likely N-dealkylation sites (tertiary alicyclic amines) is 1. The van der Waals surface area contributed by atoms with Crippen LogP contribution in [-0.4, -0.2) is 28.0 Å². The van der Waals surface area contributed by atoms with Crippen LogP contribution in [0.1, 0.15) is 39.9 Å². The molecule has 0 amide bonds. The van der Waals surface area contributed by atoms with Crippen molar-refractivity contribution in [3.63, 3.8) is 0 Å². The lowest BCUT2D eigenvalue weighted by atomic mass is 9.87. The van der Waals surface area contributed by atoms with Gasteiger partial charge in [-0.25, -0.2) is 0 Å². The fraction of sp³-hybridized carbons (Fsp3) is 0.273. The molecule has 0 radical (unpaired) electrons. The van der Waals surface area contributed by atoms with Gasteiger partial charge in [0, 0.05) is 37.6 Å². The van der Waals surface area contributed by atoms with Crippen molar-refractivity contribution in [2.24, 2.45) is 0 Å². The number of nitrogens with zero attached hydrogens (tertiary/aromatic N) is 3. The second kappa shape index (κ2) is 6.08. The number of aryl methyl sites for hydroxylation is 2. The maximum Gasteiger partial charge on any atom is 0.0643 e. The Labute approximate surface area is 148 Å². The van der Waals surface area contributed by atoms with Crippen molar-refractivity contribution < 1.29 is 0 Å². The Morgan fingerprint density at radius 1 is 0.800 bits per heavy atom. The van der Waals surface area contributed by atoms with Crippen LogP contribution in [-0.2, 0) is 12.8 Å². The molecule has 3 heteroatoms. The smallest absolute Gasteiger partial charge is 0.0643 e. The van der Waals surface area contributed by atoms with Crippen LogP contribution in [0.15, 0.2) is 67.1 Å². The van der Waals surface area contributed by atoms with Gasteiger partial charge in [0.05, 0.1) is 11.7 Å². The van der Waals surface area contributed by atoms with Crippen molar-refractivity contribution in [2.75, 3.05) is 13.1 Å². The minimum atomic E-state index is 0.364. The molecule has 0 bridgehead atoms. The molecular formula is C22H21N3. The number of fused-ring (bicyclic) bond motifs is 2. The predicted molar refractivity (Wildman–Crippen MR) is 98.5 cm³/mol. The van der Waals surface area contributed by atoms with E-state index in [4.69, 9.17) is 0 Å². The maximum atomic E-state index is 4.50. The summed E-state index contributed by atoms with van der Waals surface area (Å²) in [6.07, 6.45) is 7.72. The highest BCUT2D eigenvalue weighted by Crippen LogP contribution is 2.41. The second-order valence-corrected chi connectivity index (χ2v) is 7.08. The van der Waals surface area contributed by atoms with Gasteiger partial charge in [-0.3, -0.25) is 14.9 Å². The Morgan fingerprint density at radius 3 is 2.04 bits per heavy atom. The van der Waals surface area contributed by atoms with Gasteiger partial charge in [0.1, 0.15) is 0 Å². The summed E-state index contributed by atoms with van der Waals surface area (Å²) < 4.78 is 0. The van der Waals surface area contributed by atoms with Gasteiger partial charge in [0.25, 0.3) is 0 Å². The van der Waals surface area contributed by atoms with Gasteiger partial charge in [-0.05, 0) is 35.1 Å². The summed E-state index contributed by atoms with van der Waals surface area (Å²) in [6.45, 7) is 2.10. The number of aromatic nitrogens is 2. The first-order valence-electron chi connectivity index (χ1n) is 9.06. The van der Waals surface area contributed by atoms with Gasteiger partial charge in [0.15, 0.2) is 0 Å². The Bertz CT molecular complexity index is 837. The van der Waals surface area contributed by atoms with E-state index in [0.29, 0.717) is 12.0 Å². The Balaban J connectivity index is 1.51. The molecular weight excluding hydrogens is 306 g/mol. The zero-order valence-corrected chi connectivity index (χ0v) is 14.2. The third-order valence-corrected chi connectivity index (χ3v) is 5.64. The molecule has 3 aromatic rings. The number of benzene rings is 2. The van der Waals surface area contributed by atoms with Crippen LogP contribution in [0.25, 0.3) is 0 Å². The molecule has 25 heavy (non-hydrogen) atoms. The quantitative estimate of drug-likeness (QED) is 0.717. The van der Waals surface area contributed by atoms with Gasteiger partial charge in [0.2, 0.25) is 0 Å². The Kier molecular flexibility index (Phi) is 3.60. The first-order valence-corrected chi connectivity index (χ1v) is 9.06. The fourth-order valence-corrected chi connectivity index (χ4v) is 4.32. The van der Waals surface area contributed by atoms with Crippen molar-refractivity contribution in [1.29, 1.82) is 0 Å². The van der Waals surface area contributed by atoms with Crippen LogP contribution in [0.4, 0.5) is 0 Å². The molecule has 5 rings (SSSR count). The summed E-state index contributed by atoms with van der Waals surface area (Å²) >= 11 is 0. The molecule has 2 aromatic carbocycles. The van der Waals surface area contributed by atoms with E-state index in [1.165, 1.54) is 22.3 Å². The average molecular weight is 327 g/mol. The molecule has 1 aliphatic heterocycles. The van der Waals surface area contributed by atoms with E-state index in [1.54, 1.807) is 12.4 Å². The highest BCUT2D eigenvalue weighted by molar-refractivity contribution is 5.45. The first kappa shape index (κ1) is 14.8. The Morgan fingerprint density at radius 2 is 1.44 bits per heavy atom. The van der Waals surface area contributed by atoms with E-state index >= 15 is 0 Å². The molecule has 0 unspecified atom stereocenters. The molecule has 0 saturated carbocycles. The van der Waals surface area contributed by atoms with E-state index < -0.39 is 0 Å². The Hall–Kier alpha value is -2.52. The van der Waals surface area contributed by atoms with Crippen molar-refractivity contribution in [2.45, 2.75) is 24.8 Å². The molecule has 2 aliphatic rings. The molecule has 1 aromatic heterocycles. The van der Waals surface area contributed by atoms with Crippen molar-refractivity contribution >= 4 is 0 Å². The lowest BCUT2D eigenvalue weighted by Crippen LogP contribution is -2.47. The lowest BCUT2D eigenvalue weighted by Gasteiger charge is -2.45. The summed E-state index contributed by atoms with van der Waals surface area (Å²) in [5.74, 6) is 0.497. The summed E-state index contributed by atoms with van der Waals surface area (Å²) in [6, 6.07) is 18.3. The van der Waals surface area contributed by atoms with E-state index in [2.05, 4.69) is 63.4 Å². The molecule has 1 fully saturated rings. The molecule has 2 heterocycles. The van der Waals surface area contributed by atoms with Crippen LogP contribution >= 0.6 is 0 Å². The zero-order chi connectivity index (χ0) is 16.6. The fourth-order valence-electron chi connectivity index (χ4n) is 4.32. The van der Waals surface area contributed by atoms with Crippen molar-refractivity contribution in [3.05, 3.63) is 95.1 Å². The minimum Gasteiger partial charge on any atom is -0.291 e. The van der Waals surface area contributed by atoms with Gasteiger partial charge >= 0.3 is 0 Å². The summed E-state index contributed by atoms with van der Waals surface area (Å²) in [7, 11) is 0. The van der Waals surface area contributed by atoms with Gasteiger partial charge in [-0.15, -0.1) is 0 Å². The van der Waals surface area contributed by atoms with E-state index in [-0.39, 0.29) is 0 Å². The van der Waals surface area contributed by atoms with Crippen molar-refractivity contribution in [3.8, 4) is 0 Å². The van der Waals surface area contributed by atoms with Crippen LogP contribution in [0.2, 0.25) is 0 Å². The highest BCUT2D eigenvalue weighted by atomic mass is 15.2. The summed E-state index contributed by atoms with van der Waals surface area (Å²) in [5.41, 5.74) is 7.06. The number of hydrogen-bond donors (Lipinski definition) is 0. The van der Waals surface area contributed by atoms with E-state index in [0.717, 1.165) is 31.6 Å². The van der Waals surface area contributed by atoms with Crippen LogP contribution < -0.4 is 0 Å². The molecule has 1 aliphatic carbocycles.